The van der Waals surface area contributed by atoms with Crippen molar-refractivity contribution < 1.29 is 14.2 Å². The van der Waals surface area contributed by atoms with E-state index in [1.54, 1.807) is 0 Å². The van der Waals surface area contributed by atoms with E-state index in [0.29, 0.717) is 6.61 Å². The first-order valence-electron chi connectivity index (χ1n) is 5.92. The third-order valence-electron chi connectivity index (χ3n) is 2.33. The van der Waals surface area contributed by atoms with Crippen LogP contribution in [0.5, 0.6) is 17.2 Å². The van der Waals surface area contributed by atoms with Crippen LogP contribution in [0, 0.1) is 0 Å². The molecular weight excluding hydrogens is 228 g/mol. The summed E-state index contributed by atoms with van der Waals surface area (Å²) in [6, 6.07) is 17.0. The summed E-state index contributed by atoms with van der Waals surface area (Å²) in [6.45, 7) is 2.81. The minimum Gasteiger partial charge on any atom is -0.494 e. The van der Waals surface area contributed by atoms with Crippen molar-refractivity contribution in [3.8, 4) is 17.2 Å². The van der Waals surface area contributed by atoms with E-state index in [1.807, 2.05) is 61.5 Å². The first-order chi connectivity index (χ1) is 8.88. The van der Waals surface area contributed by atoms with Crippen molar-refractivity contribution in [2.24, 2.45) is 0 Å². The molecule has 0 unspecified atom stereocenters. The average Bonchev–Trinajstić information content (AvgIpc) is 2.42. The molecule has 0 aliphatic carbocycles. The van der Waals surface area contributed by atoms with Crippen molar-refractivity contribution in [2.45, 2.75) is 6.92 Å². The van der Waals surface area contributed by atoms with Crippen molar-refractivity contribution in [1.29, 1.82) is 0 Å². The van der Waals surface area contributed by atoms with Crippen LogP contribution < -0.4 is 14.2 Å². The molecule has 0 spiro atoms. The Morgan fingerprint density at radius 2 is 1.17 bits per heavy atom. The van der Waals surface area contributed by atoms with Gasteiger partial charge < -0.3 is 14.2 Å². The third-order valence-corrected chi connectivity index (χ3v) is 2.33. The van der Waals surface area contributed by atoms with Crippen molar-refractivity contribution in [3.63, 3.8) is 0 Å². The molecule has 94 valence electrons. The van der Waals surface area contributed by atoms with Crippen LogP contribution >= 0.6 is 0 Å². The lowest BCUT2D eigenvalue weighted by molar-refractivity contribution is 0.120. The van der Waals surface area contributed by atoms with Gasteiger partial charge in [0, 0.05) is 0 Å². The zero-order valence-electron chi connectivity index (χ0n) is 10.3. The highest BCUT2D eigenvalue weighted by Gasteiger charge is 1.96. The largest absolute Gasteiger partial charge is 0.494 e. The zero-order chi connectivity index (χ0) is 12.6. The summed E-state index contributed by atoms with van der Waals surface area (Å²) in [6.07, 6.45) is 0. The predicted octanol–water partition coefficient (Wildman–Crippen LogP) is 3.50. The Labute approximate surface area is 107 Å². The van der Waals surface area contributed by atoms with Crippen molar-refractivity contribution in [2.75, 3.05) is 13.4 Å². The molecule has 2 aromatic rings. The standard InChI is InChI=1S/C15H16O3/c1-2-16-14-8-10-15(11-9-14)18-12-17-13-6-4-3-5-7-13/h3-11H,2,12H2,1H3. The molecule has 0 atom stereocenters. The molecule has 3 nitrogen and oxygen atoms in total. The van der Waals surface area contributed by atoms with Gasteiger partial charge in [0.2, 0.25) is 6.79 Å². The minimum atomic E-state index is 0.192. The Morgan fingerprint density at radius 3 is 1.72 bits per heavy atom. The van der Waals surface area contributed by atoms with Gasteiger partial charge in [0.1, 0.15) is 17.2 Å². The van der Waals surface area contributed by atoms with Crippen LogP contribution in [-0.2, 0) is 0 Å². The van der Waals surface area contributed by atoms with E-state index in [9.17, 15) is 0 Å². The van der Waals surface area contributed by atoms with Crippen LogP contribution in [0.1, 0.15) is 6.92 Å². The molecule has 0 heterocycles. The molecule has 0 fully saturated rings. The maximum Gasteiger partial charge on any atom is 0.230 e. The van der Waals surface area contributed by atoms with E-state index in [0.717, 1.165) is 17.2 Å². The van der Waals surface area contributed by atoms with Crippen LogP contribution in [0.15, 0.2) is 54.6 Å². The molecule has 0 aliphatic heterocycles. The fourth-order valence-electron chi connectivity index (χ4n) is 1.48. The van der Waals surface area contributed by atoms with E-state index < -0.39 is 0 Å². The molecule has 0 N–H and O–H groups in total. The van der Waals surface area contributed by atoms with Crippen LogP contribution in [-0.4, -0.2) is 13.4 Å². The van der Waals surface area contributed by atoms with Gasteiger partial charge >= 0.3 is 0 Å². The van der Waals surface area contributed by atoms with Gasteiger partial charge in [0.05, 0.1) is 6.61 Å². The highest BCUT2D eigenvalue weighted by Crippen LogP contribution is 2.17. The number of hydrogen-bond acceptors (Lipinski definition) is 3. The van der Waals surface area contributed by atoms with Gasteiger partial charge in [0.15, 0.2) is 0 Å². The van der Waals surface area contributed by atoms with Gasteiger partial charge in [-0.25, -0.2) is 0 Å². The molecule has 0 saturated heterocycles. The molecule has 0 radical (unpaired) electrons. The molecule has 0 bridgehead atoms. The van der Waals surface area contributed by atoms with Crippen molar-refractivity contribution in [1.82, 2.24) is 0 Å². The summed E-state index contributed by atoms with van der Waals surface area (Å²) in [7, 11) is 0. The van der Waals surface area contributed by atoms with E-state index in [1.165, 1.54) is 0 Å². The number of rotatable bonds is 6. The quantitative estimate of drug-likeness (QED) is 0.728. The number of para-hydroxylation sites is 1. The minimum absolute atomic E-state index is 0.192. The lowest BCUT2D eigenvalue weighted by atomic mass is 10.3. The fraction of sp³-hybridized carbons (Fsp3) is 0.200. The molecule has 0 aliphatic rings. The monoisotopic (exact) mass is 244 g/mol. The van der Waals surface area contributed by atoms with Gasteiger partial charge in [-0.15, -0.1) is 0 Å². The lowest BCUT2D eigenvalue weighted by Crippen LogP contribution is -2.05. The Balaban J connectivity index is 1.80. The maximum absolute atomic E-state index is 5.47. The van der Waals surface area contributed by atoms with Crippen LogP contribution in [0.2, 0.25) is 0 Å². The van der Waals surface area contributed by atoms with Gasteiger partial charge in [-0.1, -0.05) is 18.2 Å². The summed E-state index contributed by atoms with van der Waals surface area (Å²) < 4.78 is 16.2. The van der Waals surface area contributed by atoms with Crippen molar-refractivity contribution in [3.05, 3.63) is 54.6 Å². The number of ether oxygens (including phenoxy) is 3. The van der Waals surface area contributed by atoms with E-state index in [-0.39, 0.29) is 6.79 Å². The predicted molar refractivity (Wildman–Crippen MR) is 70.2 cm³/mol. The fourth-order valence-corrected chi connectivity index (χ4v) is 1.48. The highest BCUT2D eigenvalue weighted by atomic mass is 16.7. The highest BCUT2D eigenvalue weighted by molar-refractivity contribution is 5.31. The first kappa shape index (κ1) is 12.3. The number of hydrogen-bond donors (Lipinski definition) is 0. The first-order valence-corrected chi connectivity index (χ1v) is 5.92. The topological polar surface area (TPSA) is 27.7 Å². The Kier molecular flexibility index (Phi) is 4.47. The Bertz CT molecular complexity index is 451. The molecule has 2 rings (SSSR count). The third kappa shape index (κ3) is 3.70. The second kappa shape index (κ2) is 6.55. The molecule has 0 aromatic heterocycles. The SMILES string of the molecule is CCOc1ccc(OCOc2ccccc2)cc1. The molecule has 3 heteroatoms. The molecule has 0 saturated carbocycles. The number of benzene rings is 2. The molecule has 18 heavy (non-hydrogen) atoms. The Hall–Kier alpha value is -2.16. The zero-order valence-corrected chi connectivity index (χ0v) is 10.3. The summed E-state index contributed by atoms with van der Waals surface area (Å²) in [5, 5.41) is 0. The van der Waals surface area contributed by atoms with Crippen LogP contribution in [0.4, 0.5) is 0 Å². The van der Waals surface area contributed by atoms with E-state index in [2.05, 4.69) is 0 Å². The van der Waals surface area contributed by atoms with Gasteiger partial charge in [-0.3, -0.25) is 0 Å². The summed E-state index contributed by atoms with van der Waals surface area (Å²) >= 11 is 0. The van der Waals surface area contributed by atoms with Gasteiger partial charge in [0.25, 0.3) is 0 Å². The summed E-state index contributed by atoms with van der Waals surface area (Å²) in [4.78, 5) is 0. The summed E-state index contributed by atoms with van der Waals surface area (Å²) in [5.74, 6) is 2.40. The van der Waals surface area contributed by atoms with Gasteiger partial charge in [-0.05, 0) is 43.3 Å². The van der Waals surface area contributed by atoms with Gasteiger partial charge in [-0.2, -0.15) is 0 Å². The van der Waals surface area contributed by atoms with E-state index in [4.69, 9.17) is 14.2 Å². The maximum atomic E-state index is 5.47. The smallest absolute Gasteiger partial charge is 0.230 e. The second-order valence-electron chi connectivity index (χ2n) is 3.62. The van der Waals surface area contributed by atoms with E-state index >= 15 is 0 Å². The van der Waals surface area contributed by atoms with Crippen LogP contribution in [0.25, 0.3) is 0 Å². The average molecular weight is 244 g/mol. The lowest BCUT2D eigenvalue weighted by Gasteiger charge is -2.09. The van der Waals surface area contributed by atoms with Crippen molar-refractivity contribution >= 4 is 0 Å². The second-order valence-corrected chi connectivity index (χ2v) is 3.62. The summed E-state index contributed by atoms with van der Waals surface area (Å²) in [5.41, 5.74) is 0. The normalized spacial score (nSPS) is 9.83. The molecule has 0 amide bonds. The molecular formula is C15H16O3. The van der Waals surface area contributed by atoms with Crippen LogP contribution in [0.3, 0.4) is 0 Å². The molecule has 2 aromatic carbocycles. The Morgan fingerprint density at radius 1 is 0.667 bits per heavy atom.